The van der Waals surface area contributed by atoms with Crippen LogP contribution in [0.5, 0.6) is 0 Å². The maximum absolute atomic E-state index is 10.9. The molecule has 1 atom stereocenters. The summed E-state index contributed by atoms with van der Waals surface area (Å²) in [5.41, 5.74) is 13.8. The van der Waals surface area contributed by atoms with Gasteiger partial charge in [-0.15, -0.1) is 23.5 Å². The van der Waals surface area contributed by atoms with E-state index >= 15 is 0 Å². The van der Waals surface area contributed by atoms with Crippen molar-refractivity contribution in [2.45, 2.75) is 10.8 Å². The second kappa shape index (κ2) is 10.7. The lowest BCUT2D eigenvalue weighted by Gasteiger charge is -2.10. The first kappa shape index (κ1) is 21.7. The smallest absolute Gasteiger partial charge is 0.149 e. The number of aldehydes is 2. The van der Waals surface area contributed by atoms with E-state index in [1.165, 1.54) is 23.5 Å². The molecule has 0 saturated heterocycles. The highest BCUT2D eigenvalue weighted by Gasteiger charge is 2.25. The van der Waals surface area contributed by atoms with Gasteiger partial charge >= 0.3 is 0 Å². The van der Waals surface area contributed by atoms with E-state index in [4.69, 9.17) is 34.7 Å². The first-order chi connectivity index (χ1) is 13.0. The maximum Gasteiger partial charge on any atom is 0.149 e. The van der Waals surface area contributed by atoms with Gasteiger partial charge in [0.15, 0.2) is 0 Å². The summed E-state index contributed by atoms with van der Waals surface area (Å²) in [6.07, 6.45) is 1.70. The Morgan fingerprint density at radius 3 is 2.33 bits per heavy atom. The van der Waals surface area contributed by atoms with Gasteiger partial charge in [-0.05, 0) is 35.9 Å². The normalized spacial score (nSPS) is 15.9. The zero-order chi connectivity index (χ0) is 19.8. The third-order valence-electron chi connectivity index (χ3n) is 3.74. The molecule has 0 radical (unpaired) electrons. The van der Waals surface area contributed by atoms with Crippen molar-refractivity contribution in [2.75, 3.05) is 17.2 Å². The van der Waals surface area contributed by atoms with Crippen LogP contribution in [0.25, 0.3) is 0 Å². The van der Waals surface area contributed by atoms with Crippen LogP contribution in [-0.2, 0) is 9.59 Å². The van der Waals surface area contributed by atoms with Gasteiger partial charge in [-0.1, -0.05) is 35.3 Å². The SMILES string of the molecule is NC1=C(C=O)C(c2ccc(Cl)cc2)CS1.Nc1cc(Cl)ccc1SCC=O. The number of nitrogens with two attached hydrogens (primary N) is 2. The van der Waals surface area contributed by atoms with E-state index in [1.54, 1.807) is 12.1 Å². The van der Waals surface area contributed by atoms with Crippen molar-refractivity contribution in [2.24, 2.45) is 5.73 Å². The van der Waals surface area contributed by atoms with Gasteiger partial charge in [-0.25, -0.2) is 0 Å². The zero-order valence-electron chi connectivity index (χ0n) is 14.2. The van der Waals surface area contributed by atoms with Crippen molar-refractivity contribution >= 4 is 65.0 Å². The molecule has 2 aromatic carbocycles. The molecule has 0 saturated carbocycles. The average Bonchev–Trinajstić information content (AvgIpc) is 3.03. The topological polar surface area (TPSA) is 86.2 Å². The van der Waals surface area contributed by atoms with Crippen LogP contribution in [0.2, 0.25) is 10.0 Å². The predicted molar refractivity (Wildman–Crippen MR) is 117 cm³/mol. The number of benzene rings is 2. The molecule has 1 unspecified atom stereocenters. The summed E-state index contributed by atoms with van der Waals surface area (Å²) >= 11 is 14.4. The van der Waals surface area contributed by atoms with Gasteiger partial charge in [0, 0.05) is 37.9 Å². The Morgan fingerprint density at radius 1 is 1.07 bits per heavy atom. The van der Waals surface area contributed by atoms with Crippen LogP contribution in [-0.4, -0.2) is 24.1 Å². The fourth-order valence-electron chi connectivity index (χ4n) is 2.40. The molecule has 0 amide bonds. The molecule has 0 fully saturated rings. The number of anilines is 1. The molecule has 1 heterocycles. The van der Waals surface area contributed by atoms with Crippen molar-refractivity contribution in [1.29, 1.82) is 0 Å². The number of carbonyl (C=O) groups is 2. The Balaban J connectivity index is 0.000000199. The van der Waals surface area contributed by atoms with Crippen molar-refractivity contribution in [3.05, 3.63) is 68.7 Å². The van der Waals surface area contributed by atoms with Gasteiger partial charge in [-0.2, -0.15) is 0 Å². The second-order valence-corrected chi connectivity index (χ2v) is 8.51. The predicted octanol–water partition coefficient (Wildman–Crippen LogP) is 4.75. The maximum atomic E-state index is 10.9. The highest BCUT2D eigenvalue weighted by atomic mass is 35.5. The number of halogens is 2. The molecular weight excluding hydrogens is 423 g/mol. The van der Waals surface area contributed by atoms with Crippen LogP contribution in [0.1, 0.15) is 11.5 Å². The van der Waals surface area contributed by atoms with E-state index < -0.39 is 0 Å². The zero-order valence-corrected chi connectivity index (χ0v) is 17.4. The molecule has 0 aromatic heterocycles. The quantitative estimate of drug-likeness (QED) is 0.396. The summed E-state index contributed by atoms with van der Waals surface area (Å²) in [4.78, 5) is 21.9. The van der Waals surface area contributed by atoms with Crippen LogP contribution in [0.15, 0.2) is 58.0 Å². The van der Waals surface area contributed by atoms with Crippen LogP contribution in [0.3, 0.4) is 0 Å². The van der Waals surface area contributed by atoms with Crippen molar-refractivity contribution in [3.8, 4) is 0 Å². The van der Waals surface area contributed by atoms with E-state index in [9.17, 15) is 9.59 Å². The van der Waals surface area contributed by atoms with Crippen LogP contribution in [0, 0.1) is 0 Å². The second-order valence-electron chi connectivity index (χ2n) is 5.51. The minimum Gasteiger partial charge on any atom is -0.398 e. The summed E-state index contributed by atoms with van der Waals surface area (Å²) in [6.45, 7) is 0. The molecule has 4 N–H and O–H groups in total. The summed E-state index contributed by atoms with van der Waals surface area (Å²) in [7, 11) is 0. The minimum atomic E-state index is 0.116. The molecule has 8 heteroatoms. The molecule has 1 aliphatic rings. The third-order valence-corrected chi connectivity index (χ3v) is 6.26. The minimum absolute atomic E-state index is 0.116. The number of thioether (sulfide) groups is 2. The lowest BCUT2D eigenvalue weighted by atomic mass is 9.94. The van der Waals surface area contributed by atoms with Gasteiger partial charge in [0.25, 0.3) is 0 Å². The number of carbonyl (C=O) groups excluding carboxylic acids is 2. The Kier molecular flexibility index (Phi) is 8.57. The first-order valence-corrected chi connectivity index (χ1v) is 10.6. The fourth-order valence-corrected chi connectivity index (χ4v) is 4.42. The molecule has 1 aliphatic heterocycles. The van der Waals surface area contributed by atoms with E-state index in [1.807, 2.05) is 30.3 Å². The van der Waals surface area contributed by atoms with E-state index in [2.05, 4.69) is 0 Å². The first-order valence-electron chi connectivity index (χ1n) is 7.90. The standard InChI is InChI=1S/C11H10ClNOS.C8H8ClNOS/c12-8-3-1-7(2-4-8)10-6-15-11(13)9(10)5-14;9-6-1-2-8(7(10)5-6)12-4-3-11/h1-5,10H,6,13H2;1-3,5H,4,10H2. The van der Waals surface area contributed by atoms with Gasteiger partial charge in [0.1, 0.15) is 12.6 Å². The molecule has 27 heavy (non-hydrogen) atoms. The van der Waals surface area contributed by atoms with Gasteiger partial charge < -0.3 is 16.3 Å². The van der Waals surface area contributed by atoms with E-state index in [0.717, 1.165) is 28.8 Å². The number of hydrogen-bond acceptors (Lipinski definition) is 6. The van der Waals surface area contributed by atoms with Crippen molar-refractivity contribution < 1.29 is 9.59 Å². The molecule has 4 nitrogen and oxygen atoms in total. The highest BCUT2D eigenvalue weighted by Crippen LogP contribution is 2.38. The summed E-state index contributed by atoms with van der Waals surface area (Å²) in [5.74, 6) is 1.37. The Morgan fingerprint density at radius 2 is 1.74 bits per heavy atom. The monoisotopic (exact) mass is 440 g/mol. The number of allylic oxidation sites excluding steroid dienone is 1. The van der Waals surface area contributed by atoms with Crippen LogP contribution < -0.4 is 11.5 Å². The van der Waals surface area contributed by atoms with Crippen LogP contribution in [0.4, 0.5) is 5.69 Å². The number of nitrogen functional groups attached to an aromatic ring is 1. The van der Waals surface area contributed by atoms with Crippen LogP contribution >= 0.6 is 46.7 Å². The lowest BCUT2D eigenvalue weighted by Crippen LogP contribution is -2.04. The van der Waals surface area contributed by atoms with Gasteiger partial charge in [0.05, 0.1) is 10.8 Å². The molecule has 0 bridgehead atoms. The summed E-state index contributed by atoms with van der Waals surface area (Å²) in [6, 6.07) is 12.8. The summed E-state index contributed by atoms with van der Waals surface area (Å²) in [5, 5.41) is 1.96. The summed E-state index contributed by atoms with van der Waals surface area (Å²) < 4.78 is 0. The molecular formula is C19H18Cl2N2O2S2. The Hall–Kier alpha value is -1.60. The van der Waals surface area contributed by atoms with Crippen molar-refractivity contribution in [3.63, 3.8) is 0 Å². The Bertz CT molecular complexity index is 842. The molecule has 3 rings (SSSR count). The largest absolute Gasteiger partial charge is 0.398 e. The van der Waals surface area contributed by atoms with E-state index in [-0.39, 0.29) is 5.92 Å². The molecule has 142 valence electrons. The molecule has 2 aromatic rings. The van der Waals surface area contributed by atoms with Gasteiger partial charge in [0.2, 0.25) is 0 Å². The van der Waals surface area contributed by atoms with Crippen molar-refractivity contribution in [1.82, 2.24) is 0 Å². The van der Waals surface area contributed by atoms with Gasteiger partial charge in [-0.3, -0.25) is 4.79 Å². The fraction of sp³-hybridized carbons (Fsp3) is 0.158. The molecule has 0 spiro atoms. The number of hydrogen-bond donors (Lipinski definition) is 2. The Labute approximate surface area is 176 Å². The molecule has 0 aliphatic carbocycles. The average molecular weight is 441 g/mol. The highest BCUT2D eigenvalue weighted by molar-refractivity contribution is 8.03. The lowest BCUT2D eigenvalue weighted by molar-refractivity contribution is -0.106. The third kappa shape index (κ3) is 6.21. The van der Waals surface area contributed by atoms with E-state index in [0.29, 0.717) is 32.1 Å². The number of rotatable bonds is 5.